The van der Waals surface area contributed by atoms with Crippen molar-refractivity contribution in [2.75, 3.05) is 0 Å². The lowest BCUT2D eigenvalue weighted by Crippen LogP contribution is -1.89. The Morgan fingerprint density at radius 3 is 2.21 bits per heavy atom. The van der Waals surface area contributed by atoms with Crippen LogP contribution in [0.15, 0.2) is 72.9 Å². The second kappa shape index (κ2) is 5.84. The molecule has 0 aliphatic rings. The van der Waals surface area contributed by atoms with Gasteiger partial charge in [0, 0.05) is 11.8 Å². The highest BCUT2D eigenvalue weighted by atomic mass is 35.5. The number of hydrogen-bond donors (Lipinski definition) is 0. The zero-order valence-corrected chi connectivity index (χ0v) is 13.4. The van der Waals surface area contributed by atoms with Crippen LogP contribution in [-0.2, 0) is 0 Å². The van der Waals surface area contributed by atoms with Gasteiger partial charge >= 0.3 is 0 Å². The standard InChI is InChI=1S/C20H12ClN3/c21-17-10-11-19-23-20(18(12-22)24(19)13-17)16-8-6-15(7-9-16)14-4-2-1-3-5-14/h1-11,13H. The van der Waals surface area contributed by atoms with Crippen molar-refractivity contribution < 1.29 is 0 Å². The largest absolute Gasteiger partial charge is 0.289 e. The first-order chi connectivity index (χ1) is 11.8. The van der Waals surface area contributed by atoms with E-state index in [1.165, 1.54) is 0 Å². The van der Waals surface area contributed by atoms with Crippen molar-refractivity contribution in [1.29, 1.82) is 5.26 Å². The summed E-state index contributed by atoms with van der Waals surface area (Å²) in [7, 11) is 0. The minimum atomic E-state index is 0.486. The van der Waals surface area contributed by atoms with Crippen LogP contribution in [0.1, 0.15) is 5.69 Å². The van der Waals surface area contributed by atoms with Crippen LogP contribution < -0.4 is 0 Å². The molecule has 0 saturated heterocycles. The first-order valence-electron chi connectivity index (χ1n) is 7.50. The second-order valence-corrected chi connectivity index (χ2v) is 5.88. The number of halogens is 1. The van der Waals surface area contributed by atoms with Gasteiger partial charge in [0.15, 0.2) is 5.69 Å². The average molecular weight is 330 g/mol. The average Bonchev–Trinajstić information content (AvgIpc) is 3.00. The summed E-state index contributed by atoms with van der Waals surface area (Å²) < 4.78 is 1.72. The molecule has 3 nitrogen and oxygen atoms in total. The number of nitrogens with zero attached hydrogens (tertiary/aromatic N) is 3. The molecule has 4 rings (SSSR count). The third kappa shape index (κ3) is 2.44. The number of fused-ring (bicyclic) bond motifs is 1. The molecule has 114 valence electrons. The molecule has 0 radical (unpaired) electrons. The van der Waals surface area contributed by atoms with Crippen LogP contribution >= 0.6 is 11.6 Å². The molecule has 0 bridgehead atoms. The van der Waals surface area contributed by atoms with Crippen molar-refractivity contribution in [3.63, 3.8) is 0 Å². The van der Waals surface area contributed by atoms with Crippen molar-refractivity contribution in [2.45, 2.75) is 0 Å². The van der Waals surface area contributed by atoms with Gasteiger partial charge in [-0.15, -0.1) is 0 Å². The van der Waals surface area contributed by atoms with Crippen molar-refractivity contribution in [3.05, 3.63) is 83.6 Å². The van der Waals surface area contributed by atoms with Crippen LogP contribution in [-0.4, -0.2) is 9.38 Å². The van der Waals surface area contributed by atoms with Crippen molar-refractivity contribution in [3.8, 4) is 28.5 Å². The van der Waals surface area contributed by atoms with E-state index in [4.69, 9.17) is 11.6 Å². The molecule has 0 N–H and O–H groups in total. The number of benzene rings is 2. The normalized spacial score (nSPS) is 10.7. The highest BCUT2D eigenvalue weighted by Gasteiger charge is 2.14. The van der Waals surface area contributed by atoms with Gasteiger partial charge in [-0.1, -0.05) is 66.2 Å². The summed E-state index contributed by atoms with van der Waals surface area (Å²) in [5.74, 6) is 0. The van der Waals surface area contributed by atoms with E-state index in [1.807, 2.05) is 48.5 Å². The van der Waals surface area contributed by atoms with Crippen LogP contribution in [0.25, 0.3) is 28.0 Å². The zero-order valence-electron chi connectivity index (χ0n) is 12.6. The number of imidazole rings is 1. The summed E-state index contributed by atoms with van der Waals surface area (Å²) in [6, 6.07) is 24.1. The van der Waals surface area contributed by atoms with E-state index < -0.39 is 0 Å². The van der Waals surface area contributed by atoms with Gasteiger partial charge in [-0.2, -0.15) is 5.26 Å². The van der Waals surface area contributed by atoms with Crippen molar-refractivity contribution in [2.24, 2.45) is 0 Å². The van der Waals surface area contributed by atoms with E-state index in [1.54, 1.807) is 16.7 Å². The topological polar surface area (TPSA) is 41.1 Å². The molecular weight excluding hydrogens is 318 g/mol. The maximum Gasteiger partial charge on any atom is 0.152 e. The van der Waals surface area contributed by atoms with Gasteiger partial charge in [0.05, 0.1) is 5.02 Å². The van der Waals surface area contributed by atoms with E-state index in [0.717, 1.165) is 16.7 Å². The Hall–Kier alpha value is -3.09. The van der Waals surface area contributed by atoms with Crippen molar-refractivity contribution >= 4 is 17.2 Å². The summed E-state index contributed by atoms with van der Waals surface area (Å²) in [6.07, 6.45) is 1.71. The molecule has 0 amide bonds. The van der Waals surface area contributed by atoms with Gasteiger partial charge in [-0.25, -0.2) is 4.98 Å². The Balaban J connectivity index is 1.82. The first-order valence-corrected chi connectivity index (χ1v) is 7.87. The second-order valence-electron chi connectivity index (χ2n) is 5.44. The third-order valence-electron chi connectivity index (χ3n) is 3.95. The monoisotopic (exact) mass is 329 g/mol. The Labute approximate surface area is 144 Å². The van der Waals surface area contributed by atoms with Crippen LogP contribution in [0.2, 0.25) is 5.02 Å². The van der Waals surface area contributed by atoms with Crippen LogP contribution in [0.4, 0.5) is 0 Å². The molecule has 2 aromatic carbocycles. The maximum absolute atomic E-state index is 9.54. The van der Waals surface area contributed by atoms with Gasteiger partial charge in [-0.05, 0) is 23.3 Å². The molecular formula is C20H12ClN3. The van der Waals surface area contributed by atoms with Gasteiger partial charge in [0.25, 0.3) is 0 Å². The highest BCUT2D eigenvalue weighted by molar-refractivity contribution is 6.30. The third-order valence-corrected chi connectivity index (χ3v) is 4.18. The predicted octanol–water partition coefficient (Wildman–Crippen LogP) is 5.19. The molecule has 0 aliphatic heterocycles. The molecule has 4 aromatic rings. The molecule has 0 unspecified atom stereocenters. The van der Waals surface area contributed by atoms with Crippen LogP contribution in [0, 0.1) is 11.3 Å². The molecule has 0 atom stereocenters. The lowest BCUT2D eigenvalue weighted by molar-refractivity contribution is 1.15. The fourth-order valence-electron chi connectivity index (χ4n) is 2.78. The predicted molar refractivity (Wildman–Crippen MR) is 95.8 cm³/mol. The van der Waals surface area contributed by atoms with Crippen LogP contribution in [0.3, 0.4) is 0 Å². The van der Waals surface area contributed by atoms with Gasteiger partial charge in [-0.3, -0.25) is 4.40 Å². The Kier molecular flexibility index (Phi) is 3.53. The number of aromatic nitrogens is 2. The number of rotatable bonds is 2. The Morgan fingerprint density at radius 1 is 0.833 bits per heavy atom. The lowest BCUT2D eigenvalue weighted by Gasteiger charge is -2.03. The molecule has 4 heteroatoms. The number of pyridine rings is 1. The molecule has 0 fully saturated rings. The fourth-order valence-corrected chi connectivity index (χ4v) is 2.94. The summed E-state index contributed by atoms with van der Waals surface area (Å²) >= 11 is 6.03. The Bertz CT molecular complexity index is 1060. The van der Waals surface area contributed by atoms with E-state index >= 15 is 0 Å². The fraction of sp³-hybridized carbons (Fsp3) is 0. The maximum atomic E-state index is 9.54. The number of hydrogen-bond acceptors (Lipinski definition) is 2. The molecule has 2 aromatic heterocycles. The quantitative estimate of drug-likeness (QED) is 0.507. The number of nitriles is 1. The molecule has 2 heterocycles. The SMILES string of the molecule is N#Cc1c(-c2ccc(-c3ccccc3)cc2)nc2ccc(Cl)cn12. The van der Waals surface area contributed by atoms with Gasteiger partial charge in [0.2, 0.25) is 0 Å². The summed E-state index contributed by atoms with van der Waals surface area (Å²) in [6.45, 7) is 0. The minimum absolute atomic E-state index is 0.486. The molecule has 0 saturated carbocycles. The van der Waals surface area contributed by atoms with Gasteiger partial charge < -0.3 is 0 Å². The molecule has 0 spiro atoms. The van der Waals surface area contributed by atoms with E-state index in [9.17, 15) is 5.26 Å². The minimum Gasteiger partial charge on any atom is -0.289 e. The summed E-state index contributed by atoms with van der Waals surface area (Å²) in [5.41, 5.74) is 5.06. The van der Waals surface area contributed by atoms with E-state index in [-0.39, 0.29) is 0 Å². The van der Waals surface area contributed by atoms with Crippen LogP contribution in [0.5, 0.6) is 0 Å². The van der Waals surface area contributed by atoms with Crippen molar-refractivity contribution in [1.82, 2.24) is 9.38 Å². The summed E-state index contributed by atoms with van der Waals surface area (Å²) in [4.78, 5) is 4.58. The highest BCUT2D eigenvalue weighted by Crippen LogP contribution is 2.28. The Morgan fingerprint density at radius 2 is 1.50 bits per heavy atom. The van der Waals surface area contributed by atoms with Gasteiger partial charge in [0.1, 0.15) is 17.4 Å². The lowest BCUT2D eigenvalue weighted by atomic mass is 10.0. The van der Waals surface area contributed by atoms with E-state index in [0.29, 0.717) is 22.1 Å². The smallest absolute Gasteiger partial charge is 0.152 e. The molecule has 0 aliphatic carbocycles. The zero-order chi connectivity index (χ0) is 16.5. The first kappa shape index (κ1) is 14.5. The summed E-state index contributed by atoms with van der Waals surface area (Å²) in [5, 5.41) is 10.1. The molecule has 24 heavy (non-hydrogen) atoms. The van der Waals surface area contributed by atoms with E-state index in [2.05, 4.69) is 23.2 Å².